The van der Waals surface area contributed by atoms with E-state index < -0.39 is 5.54 Å². The summed E-state index contributed by atoms with van der Waals surface area (Å²) < 4.78 is 19.2. The molecular weight excluding hydrogens is 451 g/mol. The van der Waals surface area contributed by atoms with Crippen molar-refractivity contribution >= 4 is 23.2 Å². The first-order valence-corrected chi connectivity index (χ1v) is 12.2. The van der Waals surface area contributed by atoms with E-state index in [1.807, 2.05) is 55.3 Å². The molecule has 7 heteroatoms. The average Bonchev–Trinajstić information content (AvgIpc) is 3.30. The van der Waals surface area contributed by atoms with E-state index in [9.17, 15) is 14.0 Å². The minimum absolute atomic E-state index is 0.0241. The highest BCUT2D eigenvalue weighted by Gasteiger charge is 2.36. The Kier molecular flexibility index (Phi) is 7.03. The molecule has 2 amide bonds. The number of carbonyl (C=O) groups is 2. The average molecular weight is 481 g/mol. The first-order valence-electron chi connectivity index (χ1n) is 11.3. The number of hydrogen-bond donors (Lipinski definition) is 0. The largest absolute Gasteiger partial charge is 0.491 e. The van der Waals surface area contributed by atoms with Crippen LogP contribution in [0, 0.1) is 5.82 Å². The second-order valence-electron chi connectivity index (χ2n) is 9.35. The fourth-order valence-electron chi connectivity index (χ4n) is 4.16. The van der Waals surface area contributed by atoms with Crippen molar-refractivity contribution in [2.45, 2.75) is 38.8 Å². The lowest BCUT2D eigenvalue weighted by atomic mass is 9.99. The van der Waals surface area contributed by atoms with Gasteiger partial charge in [0.05, 0.1) is 6.04 Å². The van der Waals surface area contributed by atoms with Crippen LogP contribution in [0.15, 0.2) is 66.0 Å². The smallest absolute Gasteiger partial charge is 0.254 e. The van der Waals surface area contributed by atoms with Crippen molar-refractivity contribution in [2.75, 3.05) is 19.7 Å². The van der Waals surface area contributed by atoms with Crippen LogP contribution < -0.4 is 4.74 Å². The number of carbonyl (C=O) groups excluding carboxylic acids is 2. The van der Waals surface area contributed by atoms with Crippen LogP contribution in [-0.2, 0) is 11.2 Å². The summed E-state index contributed by atoms with van der Waals surface area (Å²) in [6.07, 6.45) is 0.772. The second kappa shape index (κ2) is 9.97. The van der Waals surface area contributed by atoms with Gasteiger partial charge in [0.2, 0.25) is 5.91 Å². The first kappa shape index (κ1) is 24.0. The van der Waals surface area contributed by atoms with Gasteiger partial charge in [-0.2, -0.15) is 0 Å². The first-order chi connectivity index (χ1) is 16.2. The Morgan fingerprint density at radius 1 is 1.09 bits per heavy atom. The summed E-state index contributed by atoms with van der Waals surface area (Å²) in [6, 6.07) is 16.7. The highest BCUT2D eigenvalue weighted by Crippen LogP contribution is 2.34. The molecule has 2 heterocycles. The van der Waals surface area contributed by atoms with Crippen LogP contribution in [0.5, 0.6) is 5.75 Å². The Bertz CT molecular complexity index is 1140. The number of fused-ring (bicyclic) bond motifs is 1. The van der Waals surface area contributed by atoms with E-state index in [2.05, 4.69) is 0 Å². The molecule has 0 saturated carbocycles. The van der Waals surface area contributed by atoms with Crippen LogP contribution in [0.25, 0.3) is 0 Å². The maximum absolute atomic E-state index is 13.6. The Labute approximate surface area is 203 Å². The van der Waals surface area contributed by atoms with Crippen molar-refractivity contribution in [1.29, 1.82) is 0 Å². The third-order valence-electron chi connectivity index (χ3n) is 6.01. The minimum Gasteiger partial charge on any atom is -0.491 e. The summed E-state index contributed by atoms with van der Waals surface area (Å²) in [5.41, 5.74) is 1.09. The van der Waals surface area contributed by atoms with E-state index >= 15 is 0 Å². The molecule has 1 aliphatic heterocycles. The second-order valence-corrected chi connectivity index (χ2v) is 10.3. The molecule has 5 nitrogen and oxygen atoms in total. The summed E-state index contributed by atoms with van der Waals surface area (Å²) in [4.78, 5) is 31.6. The van der Waals surface area contributed by atoms with Gasteiger partial charge in [-0.3, -0.25) is 9.59 Å². The molecule has 1 atom stereocenters. The minimum atomic E-state index is -0.536. The van der Waals surface area contributed by atoms with Gasteiger partial charge in [0.25, 0.3) is 5.91 Å². The van der Waals surface area contributed by atoms with E-state index in [0.29, 0.717) is 17.9 Å². The molecule has 0 bridgehead atoms. The van der Waals surface area contributed by atoms with E-state index in [4.69, 9.17) is 4.74 Å². The van der Waals surface area contributed by atoms with Crippen molar-refractivity contribution in [2.24, 2.45) is 0 Å². The lowest BCUT2D eigenvalue weighted by Gasteiger charge is -2.40. The van der Waals surface area contributed by atoms with Gasteiger partial charge in [0.1, 0.15) is 24.7 Å². The number of ether oxygens (including phenoxy) is 1. The van der Waals surface area contributed by atoms with Crippen molar-refractivity contribution in [3.8, 4) is 5.75 Å². The summed E-state index contributed by atoms with van der Waals surface area (Å²) in [7, 11) is 0. The van der Waals surface area contributed by atoms with Crippen molar-refractivity contribution in [3.05, 3.63) is 87.9 Å². The van der Waals surface area contributed by atoms with E-state index in [1.165, 1.54) is 17.0 Å². The maximum atomic E-state index is 13.6. The number of nitrogens with zero attached hydrogens (tertiary/aromatic N) is 2. The van der Waals surface area contributed by atoms with E-state index in [0.717, 1.165) is 12.0 Å². The van der Waals surface area contributed by atoms with Crippen LogP contribution >= 0.6 is 11.3 Å². The fourth-order valence-corrected chi connectivity index (χ4v) is 5.09. The van der Waals surface area contributed by atoms with Crippen LogP contribution in [0.1, 0.15) is 47.6 Å². The molecule has 1 unspecified atom stereocenters. The number of thiophene rings is 1. The van der Waals surface area contributed by atoms with Gasteiger partial charge >= 0.3 is 0 Å². The molecule has 0 N–H and O–H groups in total. The van der Waals surface area contributed by atoms with Gasteiger partial charge in [-0.05, 0) is 80.6 Å². The van der Waals surface area contributed by atoms with Gasteiger partial charge < -0.3 is 14.5 Å². The summed E-state index contributed by atoms with van der Waals surface area (Å²) >= 11 is 1.68. The Balaban J connectivity index is 1.55. The highest BCUT2D eigenvalue weighted by atomic mass is 32.1. The third kappa shape index (κ3) is 5.30. The van der Waals surface area contributed by atoms with Crippen LogP contribution in [0.4, 0.5) is 4.39 Å². The van der Waals surface area contributed by atoms with Gasteiger partial charge in [0, 0.05) is 22.5 Å². The molecule has 1 aliphatic rings. The molecule has 0 radical (unpaired) electrons. The zero-order valence-corrected chi connectivity index (χ0v) is 20.5. The molecule has 0 saturated heterocycles. The quantitative estimate of drug-likeness (QED) is 0.479. The van der Waals surface area contributed by atoms with Crippen molar-refractivity contribution in [1.82, 2.24) is 9.80 Å². The maximum Gasteiger partial charge on any atom is 0.254 e. The highest BCUT2D eigenvalue weighted by molar-refractivity contribution is 7.10. The molecule has 0 fully saturated rings. The lowest BCUT2D eigenvalue weighted by Crippen LogP contribution is -2.53. The molecule has 34 heavy (non-hydrogen) atoms. The fraction of sp³-hybridized carbons (Fsp3) is 0.333. The van der Waals surface area contributed by atoms with Gasteiger partial charge in [-0.25, -0.2) is 4.39 Å². The Hall–Kier alpha value is -3.19. The standard InChI is InChI=1S/C27H29FN2O3S/c1-27(2,3)30(26(32)19-7-5-4-6-8-19)17-25(31)29-15-13-24-22(14-16-34-24)23(29)18-33-21-11-9-20(28)10-12-21/h4-12,14,16,23H,13,15,17-18H2,1-3H3. The molecule has 2 aromatic carbocycles. The Morgan fingerprint density at radius 2 is 1.79 bits per heavy atom. The summed E-state index contributed by atoms with van der Waals surface area (Å²) in [5.74, 6) is -0.0726. The van der Waals surface area contributed by atoms with E-state index in [-0.39, 0.29) is 36.8 Å². The van der Waals surface area contributed by atoms with Gasteiger partial charge in [-0.1, -0.05) is 18.2 Å². The summed E-state index contributed by atoms with van der Waals surface area (Å²) in [6.45, 7) is 6.59. The van der Waals surface area contributed by atoms with Crippen LogP contribution in [-0.4, -0.2) is 46.8 Å². The normalized spacial score (nSPS) is 15.5. The number of amides is 2. The Morgan fingerprint density at radius 3 is 2.47 bits per heavy atom. The topological polar surface area (TPSA) is 49.9 Å². The summed E-state index contributed by atoms with van der Waals surface area (Å²) in [5, 5.41) is 2.03. The zero-order valence-electron chi connectivity index (χ0n) is 19.7. The predicted octanol–water partition coefficient (Wildman–Crippen LogP) is 5.33. The zero-order chi connectivity index (χ0) is 24.3. The van der Waals surface area contributed by atoms with Gasteiger partial charge in [-0.15, -0.1) is 11.3 Å². The van der Waals surface area contributed by atoms with Gasteiger partial charge in [0.15, 0.2) is 0 Å². The molecule has 1 aromatic heterocycles. The van der Waals surface area contributed by atoms with Crippen molar-refractivity contribution in [3.63, 3.8) is 0 Å². The monoisotopic (exact) mass is 480 g/mol. The number of benzene rings is 2. The number of halogens is 1. The lowest BCUT2D eigenvalue weighted by molar-refractivity contribution is -0.136. The molecule has 178 valence electrons. The molecular formula is C27H29FN2O3S. The third-order valence-corrected chi connectivity index (χ3v) is 7.00. The molecule has 0 aliphatic carbocycles. The van der Waals surface area contributed by atoms with E-state index in [1.54, 1.807) is 40.5 Å². The van der Waals surface area contributed by atoms with Crippen LogP contribution in [0.2, 0.25) is 0 Å². The SMILES string of the molecule is CC(C)(C)N(CC(=O)N1CCc2sccc2C1COc1ccc(F)cc1)C(=O)c1ccccc1. The van der Waals surface area contributed by atoms with Crippen molar-refractivity contribution < 1.29 is 18.7 Å². The molecule has 0 spiro atoms. The molecule has 3 aromatic rings. The number of rotatable bonds is 6. The molecule has 4 rings (SSSR count). The number of hydrogen-bond acceptors (Lipinski definition) is 4. The predicted molar refractivity (Wildman–Crippen MR) is 132 cm³/mol. The van der Waals surface area contributed by atoms with Crippen LogP contribution in [0.3, 0.4) is 0 Å².